The first-order chi connectivity index (χ1) is 15.3. The van der Waals surface area contributed by atoms with Crippen LogP contribution in [0.3, 0.4) is 0 Å². The first kappa shape index (κ1) is 22.1. The molecule has 32 heavy (non-hydrogen) atoms. The number of rotatable bonds is 4. The van der Waals surface area contributed by atoms with Crippen molar-refractivity contribution in [3.8, 4) is 0 Å². The molecule has 0 bridgehead atoms. The molecule has 1 amide bonds. The predicted octanol–water partition coefficient (Wildman–Crippen LogP) is 2.93. The smallest absolute Gasteiger partial charge is 0.262 e. The number of sulfone groups is 1. The minimum absolute atomic E-state index is 0.0393. The summed E-state index contributed by atoms with van der Waals surface area (Å²) in [4.78, 5) is 35.3. The quantitative estimate of drug-likeness (QED) is 0.676. The van der Waals surface area contributed by atoms with Gasteiger partial charge in [0.1, 0.15) is 11.4 Å². The van der Waals surface area contributed by atoms with Crippen LogP contribution in [0.4, 0.5) is 0 Å². The average Bonchev–Trinajstić information content (AvgIpc) is 3.30. The Kier molecular flexibility index (Phi) is 5.90. The van der Waals surface area contributed by atoms with E-state index in [1.165, 1.54) is 15.8 Å². The number of fused-ring (bicyclic) bond motifs is 3. The molecule has 2 atom stereocenters. The molecule has 0 aromatic carbocycles. The molecule has 2 aromatic heterocycles. The van der Waals surface area contributed by atoms with E-state index < -0.39 is 9.84 Å². The van der Waals surface area contributed by atoms with Gasteiger partial charge in [-0.05, 0) is 50.0 Å². The van der Waals surface area contributed by atoms with Crippen LogP contribution in [0.5, 0.6) is 0 Å². The normalized spacial score (nSPS) is 25.7. The molecule has 1 saturated heterocycles. The van der Waals surface area contributed by atoms with Gasteiger partial charge >= 0.3 is 0 Å². The molecular formula is C23H31N3O4S2. The molecule has 7 nitrogen and oxygen atoms in total. The molecule has 2 aliphatic carbocycles. The van der Waals surface area contributed by atoms with Crippen molar-refractivity contribution >= 4 is 37.3 Å². The predicted molar refractivity (Wildman–Crippen MR) is 126 cm³/mol. The van der Waals surface area contributed by atoms with Crippen LogP contribution in [0.25, 0.3) is 10.2 Å². The Hall–Kier alpha value is -1.74. The highest BCUT2D eigenvalue weighted by atomic mass is 32.2. The molecule has 5 rings (SSSR count). The fourth-order valence-corrected chi connectivity index (χ4v) is 8.82. The van der Waals surface area contributed by atoms with Crippen molar-refractivity contribution in [1.29, 1.82) is 0 Å². The molecule has 1 aliphatic heterocycles. The van der Waals surface area contributed by atoms with Crippen LogP contribution >= 0.6 is 11.3 Å². The van der Waals surface area contributed by atoms with Gasteiger partial charge in [0.2, 0.25) is 5.91 Å². The topological polar surface area (TPSA) is 89.3 Å². The van der Waals surface area contributed by atoms with Gasteiger partial charge in [-0.3, -0.25) is 14.2 Å². The molecule has 0 N–H and O–H groups in total. The number of aryl methyl sites for hydroxylation is 1. The lowest BCUT2D eigenvalue weighted by Gasteiger charge is -2.38. The molecule has 3 heterocycles. The lowest BCUT2D eigenvalue weighted by Crippen LogP contribution is -2.50. The summed E-state index contributed by atoms with van der Waals surface area (Å²) in [6.07, 6.45) is 10.0. The Balaban J connectivity index is 1.45. The summed E-state index contributed by atoms with van der Waals surface area (Å²) in [6.45, 7) is 2.16. The maximum absolute atomic E-state index is 13.5. The van der Waals surface area contributed by atoms with Crippen LogP contribution < -0.4 is 5.56 Å². The largest absolute Gasteiger partial charge is 0.334 e. The van der Waals surface area contributed by atoms with Crippen LogP contribution in [0.2, 0.25) is 0 Å². The van der Waals surface area contributed by atoms with Crippen LogP contribution in [0.15, 0.2) is 11.1 Å². The van der Waals surface area contributed by atoms with Gasteiger partial charge in [-0.2, -0.15) is 0 Å². The molecular weight excluding hydrogens is 446 g/mol. The van der Waals surface area contributed by atoms with E-state index in [1.807, 2.05) is 4.90 Å². The van der Waals surface area contributed by atoms with Crippen molar-refractivity contribution in [3.05, 3.63) is 27.1 Å². The zero-order chi connectivity index (χ0) is 22.5. The van der Waals surface area contributed by atoms with Gasteiger partial charge < -0.3 is 4.90 Å². The SMILES string of the molecule is CC1CCc2c(sc3ncn(CC(=O)N(C4CCCCC4)C4CCS(=O)(=O)C4)c(=O)c23)C1. The Bertz CT molecular complexity index is 1190. The van der Waals surface area contributed by atoms with E-state index in [1.54, 1.807) is 11.3 Å². The second-order valence-electron chi connectivity index (χ2n) is 9.86. The molecule has 9 heteroatoms. The van der Waals surface area contributed by atoms with E-state index in [4.69, 9.17) is 0 Å². The fraction of sp³-hybridized carbons (Fsp3) is 0.696. The lowest BCUT2D eigenvalue weighted by atomic mass is 9.89. The lowest BCUT2D eigenvalue weighted by molar-refractivity contribution is -0.137. The minimum atomic E-state index is -3.10. The summed E-state index contributed by atoms with van der Waals surface area (Å²) in [6, 6.07) is -0.212. The molecule has 2 aromatic rings. The number of hydrogen-bond acceptors (Lipinski definition) is 6. The highest BCUT2D eigenvalue weighted by Crippen LogP contribution is 2.35. The number of amides is 1. The second kappa shape index (κ2) is 8.56. The van der Waals surface area contributed by atoms with Gasteiger partial charge in [0.05, 0.1) is 23.2 Å². The Morgan fingerprint density at radius 1 is 1.19 bits per heavy atom. The standard InChI is InChI=1S/C23H31N3O4S2/c1-15-7-8-18-19(11-15)31-22-21(18)23(28)25(14-24-22)12-20(27)26(16-5-3-2-4-6-16)17-9-10-32(29,30)13-17/h14-17H,2-13H2,1H3. The van der Waals surface area contributed by atoms with Crippen LogP contribution in [0, 0.1) is 5.92 Å². The van der Waals surface area contributed by atoms with E-state index in [2.05, 4.69) is 11.9 Å². The summed E-state index contributed by atoms with van der Waals surface area (Å²) in [7, 11) is -3.10. The average molecular weight is 478 g/mol. The second-order valence-corrected chi connectivity index (χ2v) is 13.2. The minimum Gasteiger partial charge on any atom is -0.334 e. The third-order valence-corrected chi connectivity index (χ3v) is 10.4. The molecule has 0 spiro atoms. The van der Waals surface area contributed by atoms with Gasteiger partial charge in [0.25, 0.3) is 5.56 Å². The number of aromatic nitrogens is 2. The van der Waals surface area contributed by atoms with E-state index in [0.717, 1.165) is 61.8 Å². The Labute approximate surface area is 192 Å². The summed E-state index contributed by atoms with van der Waals surface area (Å²) < 4.78 is 25.7. The third kappa shape index (κ3) is 4.14. The maximum Gasteiger partial charge on any atom is 0.262 e. The van der Waals surface area contributed by atoms with Gasteiger partial charge in [0, 0.05) is 17.0 Å². The molecule has 0 radical (unpaired) electrons. The summed E-state index contributed by atoms with van der Waals surface area (Å²) in [5, 5.41) is 0.680. The van der Waals surface area contributed by atoms with E-state index in [0.29, 0.717) is 17.7 Å². The summed E-state index contributed by atoms with van der Waals surface area (Å²) in [5.74, 6) is 0.643. The number of carbonyl (C=O) groups is 1. The van der Waals surface area contributed by atoms with Crippen molar-refractivity contribution < 1.29 is 13.2 Å². The van der Waals surface area contributed by atoms with E-state index in [-0.39, 0.29) is 41.6 Å². The zero-order valence-electron chi connectivity index (χ0n) is 18.6. The number of carbonyl (C=O) groups excluding carboxylic acids is 1. The van der Waals surface area contributed by atoms with Crippen molar-refractivity contribution in [2.75, 3.05) is 11.5 Å². The molecule has 3 aliphatic rings. The van der Waals surface area contributed by atoms with Crippen LogP contribution in [0.1, 0.15) is 62.3 Å². The molecule has 2 unspecified atom stereocenters. The van der Waals surface area contributed by atoms with Gasteiger partial charge in [-0.25, -0.2) is 13.4 Å². The van der Waals surface area contributed by atoms with Gasteiger partial charge in [-0.15, -0.1) is 11.3 Å². The monoisotopic (exact) mass is 477 g/mol. The molecule has 174 valence electrons. The first-order valence-electron chi connectivity index (χ1n) is 11.8. The first-order valence-corrected chi connectivity index (χ1v) is 14.5. The maximum atomic E-state index is 13.5. The summed E-state index contributed by atoms with van der Waals surface area (Å²) >= 11 is 1.61. The fourth-order valence-electron chi connectivity index (χ4n) is 5.77. The van der Waals surface area contributed by atoms with Crippen LogP contribution in [-0.2, 0) is 34.0 Å². The van der Waals surface area contributed by atoms with Crippen molar-refractivity contribution in [2.45, 2.75) is 83.3 Å². The third-order valence-electron chi connectivity index (χ3n) is 7.45. The molecule has 1 saturated carbocycles. The van der Waals surface area contributed by atoms with Gasteiger partial charge in [0.15, 0.2) is 9.84 Å². The number of hydrogen-bond donors (Lipinski definition) is 0. The Morgan fingerprint density at radius 3 is 2.69 bits per heavy atom. The highest BCUT2D eigenvalue weighted by molar-refractivity contribution is 7.91. The van der Waals surface area contributed by atoms with Crippen molar-refractivity contribution in [3.63, 3.8) is 0 Å². The number of nitrogens with zero attached hydrogens (tertiary/aromatic N) is 3. The van der Waals surface area contributed by atoms with Crippen molar-refractivity contribution in [2.24, 2.45) is 5.92 Å². The van der Waals surface area contributed by atoms with Crippen molar-refractivity contribution in [1.82, 2.24) is 14.5 Å². The highest BCUT2D eigenvalue weighted by Gasteiger charge is 2.38. The number of thiophene rings is 1. The van der Waals surface area contributed by atoms with E-state index in [9.17, 15) is 18.0 Å². The van der Waals surface area contributed by atoms with Crippen LogP contribution in [-0.4, -0.2) is 52.4 Å². The zero-order valence-corrected chi connectivity index (χ0v) is 20.2. The van der Waals surface area contributed by atoms with E-state index >= 15 is 0 Å². The van der Waals surface area contributed by atoms with Gasteiger partial charge in [-0.1, -0.05) is 26.2 Å². The Morgan fingerprint density at radius 2 is 1.97 bits per heavy atom. The summed E-state index contributed by atoms with van der Waals surface area (Å²) in [5.41, 5.74) is 0.978. The molecule has 2 fully saturated rings.